The zero-order chi connectivity index (χ0) is 26.9. The van der Waals surface area contributed by atoms with E-state index in [0.717, 1.165) is 22.9 Å². The molecule has 3 bridgehead atoms. The first-order valence-corrected chi connectivity index (χ1v) is 13.4. The fourth-order valence-corrected chi connectivity index (χ4v) is 7.03. The lowest BCUT2D eigenvalue weighted by molar-refractivity contribution is -0.136. The van der Waals surface area contributed by atoms with Crippen molar-refractivity contribution in [1.29, 1.82) is 0 Å². The van der Waals surface area contributed by atoms with E-state index in [1.54, 1.807) is 6.20 Å². The SMILES string of the molecule is CC1(C)C[C@@]23C[C@@H](CN2C(=O)c2cnc(-c4ccccc4)[nH]2)N(C3)C(=O)[C@H]1NC(=O)c1cc2ccccc2[nH]1. The van der Waals surface area contributed by atoms with Crippen LogP contribution in [0.2, 0.25) is 0 Å². The second kappa shape index (κ2) is 8.30. The van der Waals surface area contributed by atoms with Gasteiger partial charge >= 0.3 is 0 Å². The van der Waals surface area contributed by atoms with Gasteiger partial charge in [0.15, 0.2) is 0 Å². The topological polar surface area (TPSA) is 114 Å². The molecule has 7 rings (SSSR count). The highest BCUT2D eigenvalue weighted by molar-refractivity contribution is 6.01. The van der Waals surface area contributed by atoms with Gasteiger partial charge in [0.1, 0.15) is 23.3 Å². The second-order valence-corrected chi connectivity index (χ2v) is 11.8. The predicted molar refractivity (Wildman–Crippen MR) is 146 cm³/mol. The standard InChI is InChI=1S/C30H30N6O3/c1-29(2)16-30-13-20(15-36(30)27(38)23-14-31-25(33-23)18-8-4-3-5-9-18)35(17-30)28(39)24(29)34-26(37)22-12-19-10-6-7-11-21(19)32-22/h3-12,14,20,24,32H,13,15-17H2,1-2H3,(H,31,33)(H,34,37)/t20-,24+,30+/m0/s1. The Morgan fingerprint density at radius 3 is 2.59 bits per heavy atom. The number of amides is 3. The molecule has 0 saturated carbocycles. The van der Waals surface area contributed by atoms with Gasteiger partial charge in [-0.15, -0.1) is 0 Å². The number of hydrogen-bond donors (Lipinski definition) is 3. The van der Waals surface area contributed by atoms with Crippen molar-refractivity contribution < 1.29 is 14.4 Å². The average Bonchev–Trinajstić information content (AvgIpc) is 3.71. The summed E-state index contributed by atoms with van der Waals surface area (Å²) in [5.74, 6) is 0.170. The molecule has 3 atom stereocenters. The van der Waals surface area contributed by atoms with Crippen LogP contribution in [0, 0.1) is 5.41 Å². The number of imidazole rings is 1. The van der Waals surface area contributed by atoms with Crippen molar-refractivity contribution in [3.8, 4) is 11.4 Å². The molecule has 9 heteroatoms. The number of likely N-dealkylation sites (tertiary alicyclic amines) is 1. The Balaban J connectivity index is 1.15. The molecule has 2 aromatic carbocycles. The number of H-pyrrole nitrogens is 2. The molecule has 0 aliphatic carbocycles. The van der Waals surface area contributed by atoms with E-state index in [1.165, 1.54) is 0 Å². The summed E-state index contributed by atoms with van der Waals surface area (Å²) in [5.41, 5.74) is 1.59. The summed E-state index contributed by atoms with van der Waals surface area (Å²) >= 11 is 0. The monoisotopic (exact) mass is 522 g/mol. The summed E-state index contributed by atoms with van der Waals surface area (Å²) < 4.78 is 0. The van der Waals surface area contributed by atoms with E-state index in [4.69, 9.17) is 0 Å². The van der Waals surface area contributed by atoms with Crippen LogP contribution in [-0.4, -0.2) is 73.2 Å². The largest absolute Gasteiger partial charge is 0.351 e. The summed E-state index contributed by atoms with van der Waals surface area (Å²) in [6.07, 6.45) is 2.94. The number of piperazine rings is 1. The first-order valence-electron chi connectivity index (χ1n) is 13.4. The van der Waals surface area contributed by atoms with Crippen LogP contribution in [0.5, 0.6) is 0 Å². The molecule has 3 aliphatic heterocycles. The van der Waals surface area contributed by atoms with Crippen molar-refractivity contribution in [3.63, 3.8) is 0 Å². The van der Waals surface area contributed by atoms with Crippen LogP contribution in [0.3, 0.4) is 0 Å². The molecular formula is C30H30N6O3. The Morgan fingerprint density at radius 1 is 1.03 bits per heavy atom. The lowest BCUT2D eigenvalue weighted by Crippen LogP contribution is -2.57. The third-order valence-corrected chi connectivity index (χ3v) is 8.73. The highest BCUT2D eigenvalue weighted by Gasteiger charge is 2.63. The quantitative estimate of drug-likeness (QED) is 0.380. The summed E-state index contributed by atoms with van der Waals surface area (Å²) in [5, 5.41) is 3.98. The summed E-state index contributed by atoms with van der Waals surface area (Å²) in [4.78, 5) is 55.6. The number of benzene rings is 2. The van der Waals surface area contributed by atoms with Gasteiger partial charge in [0.05, 0.1) is 17.8 Å². The molecular weight excluding hydrogens is 492 g/mol. The van der Waals surface area contributed by atoms with Crippen LogP contribution in [-0.2, 0) is 4.79 Å². The Bertz CT molecular complexity index is 1590. The van der Waals surface area contributed by atoms with E-state index in [0.29, 0.717) is 36.7 Å². The fourth-order valence-electron chi connectivity index (χ4n) is 7.03. The molecule has 4 aromatic rings. The van der Waals surface area contributed by atoms with E-state index in [-0.39, 0.29) is 23.8 Å². The molecule has 0 radical (unpaired) electrons. The number of para-hydroxylation sites is 1. The summed E-state index contributed by atoms with van der Waals surface area (Å²) in [7, 11) is 0. The Morgan fingerprint density at radius 2 is 1.79 bits per heavy atom. The average molecular weight is 523 g/mol. The maximum Gasteiger partial charge on any atom is 0.272 e. The lowest BCUT2D eigenvalue weighted by atomic mass is 9.73. The van der Waals surface area contributed by atoms with Gasteiger partial charge in [0, 0.05) is 29.6 Å². The Labute approximate surface area is 225 Å². The van der Waals surface area contributed by atoms with Crippen molar-refractivity contribution in [3.05, 3.63) is 78.2 Å². The lowest BCUT2D eigenvalue weighted by Gasteiger charge is -2.42. The van der Waals surface area contributed by atoms with Gasteiger partial charge in [-0.1, -0.05) is 62.4 Å². The molecule has 9 nitrogen and oxygen atoms in total. The molecule has 1 spiro atoms. The van der Waals surface area contributed by atoms with Crippen molar-refractivity contribution in [1.82, 2.24) is 30.1 Å². The van der Waals surface area contributed by atoms with Gasteiger partial charge in [0.2, 0.25) is 5.91 Å². The van der Waals surface area contributed by atoms with Gasteiger partial charge in [-0.05, 0) is 30.4 Å². The highest BCUT2D eigenvalue weighted by atomic mass is 16.2. The smallest absolute Gasteiger partial charge is 0.272 e. The van der Waals surface area contributed by atoms with Crippen molar-refractivity contribution in [2.24, 2.45) is 5.41 Å². The van der Waals surface area contributed by atoms with Crippen molar-refractivity contribution in [2.45, 2.75) is 44.3 Å². The molecule has 3 fully saturated rings. The predicted octanol–water partition coefficient (Wildman–Crippen LogP) is 3.58. The van der Waals surface area contributed by atoms with Crippen LogP contribution in [0.25, 0.3) is 22.3 Å². The zero-order valence-electron chi connectivity index (χ0n) is 21.9. The number of carbonyl (C=O) groups excluding carboxylic acids is 3. The minimum Gasteiger partial charge on any atom is -0.351 e. The Kier molecular flexibility index (Phi) is 5.04. The van der Waals surface area contributed by atoms with Gasteiger partial charge in [-0.2, -0.15) is 0 Å². The first kappa shape index (κ1) is 23.7. The number of fused-ring (bicyclic) bond motifs is 4. The van der Waals surface area contributed by atoms with Crippen LogP contribution in [0.1, 0.15) is 47.7 Å². The van der Waals surface area contributed by atoms with E-state index < -0.39 is 17.0 Å². The maximum absolute atomic E-state index is 13.8. The molecule has 198 valence electrons. The van der Waals surface area contributed by atoms with E-state index >= 15 is 0 Å². The third-order valence-electron chi connectivity index (χ3n) is 8.73. The van der Waals surface area contributed by atoms with Crippen molar-refractivity contribution in [2.75, 3.05) is 13.1 Å². The van der Waals surface area contributed by atoms with Crippen LogP contribution >= 0.6 is 0 Å². The Hall–Kier alpha value is -4.40. The third kappa shape index (κ3) is 3.67. The van der Waals surface area contributed by atoms with Gasteiger partial charge in [0.25, 0.3) is 11.8 Å². The second-order valence-electron chi connectivity index (χ2n) is 11.8. The first-order chi connectivity index (χ1) is 18.7. The van der Waals surface area contributed by atoms with Crippen LogP contribution in [0.4, 0.5) is 0 Å². The molecule has 3 amide bonds. The highest BCUT2D eigenvalue weighted by Crippen LogP contribution is 2.51. The van der Waals surface area contributed by atoms with E-state index in [2.05, 4.69) is 20.3 Å². The molecule has 5 heterocycles. The normalized spacial score (nSPS) is 25.2. The number of carbonyl (C=O) groups is 3. The zero-order valence-corrected chi connectivity index (χ0v) is 21.9. The number of nitrogens with one attached hydrogen (secondary N) is 3. The van der Waals surface area contributed by atoms with Crippen LogP contribution in [0.15, 0.2) is 66.9 Å². The molecule has 3 N–H and O–H groups in total. The van der Waals surface area contributed by atoms with Crippen LogP contribution < -0.4 is 5.32 Å². The molecule has 3 saturated heterocycles. The van der Waals surface area contributed by atoms with Gasteiger partial charge < -0.3 is 25.1 Å². The number of nitrogens with zero attached hydrogens (tertiary/aromatic N) is 3. The maximum atomic E-state index is 13.8. The summed E-state index contributed by atoms with van der Waals surface area (Å²) in [6.45, 7) is 4.97. The number of rotatable bonds is 4. The van der Waals surface area contributed by atoms with Crippen molar-refractivity contribution >= 4 is 28.6 Å². The minimum absolute atomic E-state index is 0.0680. The minimum atomic E-state index is -0.701. The number of aromatic amines is 2. The number of hydrogen-bond acceptors (Lipinski definition) is 4. The number of aromatic nitrogens is 3. The fraction of sp³-hybridized carbons (Fsp3) is 0.333. The molecule has 0 unspecified atom stereocenters. The van der Waals surface area contributed by atoms with E-state index in [1.807, 2.05) is 84.3 Å². The van der Waals surface area contributed by atoms with Gasteiger partial charge in [-0.3, -0.25) is 14.4 Å². The van der Waals surface area contributed by atoms with E-state index in [9.17, 15) is 14.4 Å². The molecule has 2 aromatic heterocycles. The summed E-state index contributed by atoms with van der Waals surface area (Å²) in [6, 6.07) is 18.4. The molecule has 3 aliphatic rings. The molecule has 39 heavy (non-hydrogen) atoms. The van der Waals surface area contributed by atoms with Gasteiger partial charge in [-0.25, -0.2) is 4.98 Å².